The Morgan fingerprint density at radius 3 is 2.50 bits per heavy atom. The summed E-state index contributed by atoms with van der Waals surface area (Å²) in [5, 5.41) is 8.99. The van der Waals surface area contributed by atoms with Gasteiger partial charge in [0.15, 0.2) is 5.82 Å². The molecule has 0 saturated heterocycles. The third kappa shape index (κ3) is 3.08. The number of carboxylic acid groups (broad SMARTS) is 1. The second kappa shape index (κ2) is 6.34. The molecule has 1 aliphatic rings. The van der Waals surface area contributed by atoms with Gasteiger partial charge in [0.1, 0.15) is 5.75 Å². The van der Waals surface area contributed by atoms with E-state index in [-0.39, 0.29) is 22.6 Å². The van der Waals surface area contributed by atoms with E-state index in [9.17, 15) is 22.8 Å². The molecular weight excluding hydrogens is 355 g/mol. The van der Waals surface area contributed by atoms with Gasteiger partial charge in [-0.15, -0.1) is 8.78 Å². The molecule has 9 heteroatoms. The highest BCUT2D eigenvalue weighted by Gasteiger charge is 2.40. The maximum Gasteiger partial charge on any atom is 0.535 e. The summed E-state index contributed by atoms with van der Waals surface area (Å²) in [6.07, 6.45) is -3.80. The number of hydrogen-bond donors (Lipinski definition) is 1. The quantitative estimate of drug-likeness (QED) is 0.901. The Balaban J connectivity index is 1.99. The first-order chi connectivity index (χ1) is 12.2. The van der Waals surface area contributed by atoms with Gasteiger partial charge in [0.05, 0.1) is 17.9 Å². The molecule has 0 unspecified atom stereocenters. The van der Waals surface area contributed by atoms with Crippen LogP contribution in [0, 0.1) is 5.82 Å². The van der Waals surface area contributed by atoms with Crippen LogP contribution in [0.1, 0.15) is 26.3 Å². The maximum absolute atomic E-state index is 14.4. The molecular formula is C17H12F3NO5. The zero-order valence-electron chi connectivity index (χ0n) is 13.3. The number of rotatable bonds is 3. The Kier molecular flexibility index (Phi) is 4.33. The van der Waals surface area contributed by atoms with Crippen molar-refractivity contribution >= 4 is 17.6 Å². The molecule has 6 nitrogen and oxygen atoms in total. The Morgan fingerprint density at radius 2 is 1.81 bits per heavy atom. The smallest absolute Gasteiger partial charge is 0.478 e. The van der Waals surface area contributed by atoms with Crippen LogP contribution in [0.25, 0.3) is 0 Å². The maximum atomic E-state index is 14.4. The number of halogens is 3. The monoisotopic (exact) mass is 367 g/mol. The van der Waals surface area contributed by atoms with Gasteiger partial charge >= 0.3 is 12.3 Å². The lowest BCUT2D eigenvalue weighted by molar-refractivity contribution is -0.368. The minimum atomic E-state index is -3.80. The van der Waals surface area contributed by atoms with Crippen LogP contribution >= 0.6 is 0 Å². The minimum Gasteiger partial charge on any atom is -0.478 e. The number of benzene rings is 2. The summed E-state index contributed by atoms with van der Waals surface area (Å²) in [5.41, 5.74) is -0.801. The van der Waals surface area contributed by atoms with Gasteiger partial charge in [0.2, 0.25) is 0 Å². The van der Waals surface area contributed by atoms with Crippen LogP contribution in [0.5, 0.6) is 5.75 Å². The highest BCUT2D eigenvalue weighted by atomic mass is 19.3. The summed E-state index contributed by atoms with van der Waals surface area (Å²) in [5.74, 6) is -3.52. The highest BCUT2D eigenvalue weighted by molar-refractivity contribution is 6.07. The van der Waals surface area contributed by atoms with Crippen LogP contribution in [0.4, 0.5) is 18.9 Å². The molecule has 2 aromatic rings. The number of carboxylic acids is 1. The highest BCUT2D eigenvalue weighted by Crippen LogP contribution is 2.36. The van der Waals surface area contributed by atoms with Crippen molar-refractivity contribution in [1.82, 2.24) is 0 Å². The van der Waals surface area contributed by atoms with E-state index in [1.54, 1.807) is 0 Å². The molecule has 3 rings (SSSR count). The molecule has 136 valence electrons. The molecule has 0 aromatic heterocycles. The van der Waals surface area contributed by atoms with Gasteiger partial charge in [-0.2, -0.15) is 0 Å². The van der Waals surface area contributed by atoms with Crippen LogP contribution in [-0.2, 0) is 11.3 Å². The van der Waals surface area contributed by atoms with E-state index in [2.05, 4.69) is 9.47 Å². The fourth-order valence-corrected chi connectivity index (χ4v) is 2.56. The third-order valence-electron chi connectivity index (χ3n) is 3.85. The number of ether oxygens (including phenoxy) is 2. The standard InChI is InChI=1S/C17H12F3NO5/c1-21(12-6-2-5-10(14(12)18)16(23)24)15(22)9-4-3-7-13-11(9)8-25-17(19,20)26-13/h2-7H,8H2,1H3,(H,23,24). The molecule has 0 atom stereocenters. The van der Waals surface area contributed by atoms with E-state index < -0.39 is 36.2 Å². The molecule has 0 saturated carbocycles. The molecule has 0 spiro atoms. The van der Waals surface area contributed by atoms with Gasteiger partial charge in [-0.3, -0.25) is 9.53 Å². The van der Waals surface area contributed by atoms with Crippen molar-refractivity contribution in [2.24, 2.45) is 0 Å². The Labute approximate surface area is 145 Å². The van der Waals surface area contributed by atoms with E-state index in [0.29, 0.717) is 0 Å². The molecule has 0 bridgehead atoms. The van der Waals surface area contributed by atoms with Crippen LogP contribution in [-0.4, -0.2) is 30.3 Å². The van der Waals surface area contributed by atoms with Crippen LogP contribution in [0.15, 0.2) is 36.4 Å². The van der Waals surface area contributed by atoms with Gasteiger partial charge < -0.3 is 14.7 Å². The molecule has 1 aliphatic heterocycles. The van der Waals surface area contributed by atoms with E-state index >= 15 is 0 Å². The van der Waals surface area contributed by atoms with Crippen molar-refractivity contribution in [2.45, 2.75) is 12.9 Å². The Bertz CT molecular complexity index is 900. The van der Waals surface area contributed by atoms with Gasteiger partial charge in [0, 0.05) is 18.2 Å². The first-order valence-electron chi connectivity index (χ1n) is 7.34. The predicted octanol–water partition coefficient (Wildman–Crippen LogP) is 3.26. The van der Waals surface area contributed by atoms with Crippen molar-refractivity contribution in [1.29, 1.82) is 0 Å². The minimum absolute atomic E-state index is 0.0272. The number of anilines is 1. The molecule has 0 fully saturated rings. The zero-order chi connectivity index (χ0) is 19.1. The molecule has 0 radical (unpaired) electrons. The number of hydrogen-bond acceptors (Lipinski definition) is 4. The van der Waals surface area contributed by atoms with E-state index in [1.165, 1.54) is 37.4 Å². The number of aromatic carboxylic acids is 1. The second-order valence-corrected chi connectivity index (χ2v) is 5.44. The van der Waals surface area contributed by atoms with Crippen molar-refractivity contribution < 1.29 is 37.3 Å². The molecule has 1 N–H and O–H groups in total. The largest absolute Gasteiger partial charge is 0.535 e. The molecule has 26 heavy (non-hydrogen) atoms. The normalized spacial score (nSPS) is 14.9. The zero-order valence-corrected chi connectivity index (χ0v) is 13.3. The van der Waals surface area contributed by atoms with E-state index in [0.717, 1.165) is 11.0 Å². The topological polar surface area (TPSA) is 76.1 Å². The number of alkyl halides is 2. The number of amides is 1. The van der Waals surface area contributed by atoms with E-state index in [4.69, 9.17) is 5.11 Å². The number of carbonyl (C=O) groups excluding carboxylic acids is 1. The molecule has 2 aromatic carbocycles. The van der Waals surface area contributed by atoms with Crippen molar-refractivity contribution in [2.75, 3.05) is 11.9 Å². The summed E-state index contributed by atoms with van der Waals surface area (Å²) in [4.78, 5) is 24.7. The van der Waals surface area contributed by atoms with Crippen LogP contribution < -0.4 is 9.64 Å². The lowest BCUT2D eigenvalue weighted by Gasteiger charge is -2.27. The van der Waals surface area contributed by atoms with Gasteiger partial charge in [-0.1, -0.05) is 12.1 Å². The summed E-state index contributed by atoms with van der Waals surface area (Å²) < 4.78 is 49.4. The van der Waals surface area contributed by atoms with Crippen molar-refractivity contribution in [3.05, 3.63) is 58.9 Å². The first kappa shape index (κ1) is 17.7. The summed E-state index contributed by atoms with van der Waals surface area (Å²) in [7, 11) is 1.24. The third-order valence-corrected chi connectivity index (χ3v) is 3.85. The lowest BCUT2D eigenvalue weighted by Crippen LogP contribution is -2.35. The van der Waals surface area contributed by atoms with Gasteiger partial charge in [-0.25, -0.2) is 9.18 Å². The van der Waals surface area contributed by atoms with E-state index in [1.807, 2.05) is 0 Å². The molecule has 0 aliphatic carbocycles. The van der Waals surface area contributed by atoms with Crippen LogP contribution in [0.2, 0.25) is 0 Å². The fourth-order valence-electron chi connectivity index (χ4n) is 2.56. The average Bonchev–Trinajstić information content (AvgIpc) is 2.59. The van der Waals surface area contributed by atoms with Crippen molar-refractivity contribution in [3.63, 3.8) is 0 Å². The number of nitrogens with zero attached hydrogens (tertiary/aromatic N) is 1. The number of fused-ring (bicyclic) bond motifs is 1. The fraction of sp³-hybridized carbons (Fsp3) is 0.176. The summed E-state index contributed by atoms with van der Waals surface area (Å²) in [6, 6.07) is 7.54. The van der Waals surface area contributed by atoms with Gasteiger partial charge in [0.25, 0.3) is 5.91 Å². The molecule has 1 heterocycles. The lowest BCUT2D eigenvalue weighted by atomic mass is 10.0. The van der Waals surface area contributed by atoms with Crippen LogP contribution in [0.3, 0.4) is 0 Å². The number of carbonyl (C=O) groups is 2. The summed E-state index contributed by atoms with van der Waals surface area (Å²) >= 11 is 0. The second-order valence-electron chi connectivity index (χ2n) is 5.44. The Hall–Kier alpha value is -3.07. The molecule has 1 amide bonds. The SMILES string of the molecule is CN(C(=O)c1cccc2c1COC(F)(F)O2)c1cccc(C(=O)O)c1F. The summed E-state index contributed by atoms with van der Waals surface area (Å²) in [6.45, 7) is -0.574. The van der Waals surface area contributed by atoms with Crippen molar-refractivity contribution in [3.8, 4) is 5.75 Å². The Morgan fingerprint density at radius 1 is 1.15 bits per heavy atom. The first-order valence-corrected chi connectivity index (χ1v) is 7.34. The average molecular weight is 367 g/mol. The predicted molar refractivity (Wildman–Crippen MR) is 82.9 cm³/mol. The van der Waals surface area contributed by atoms with Gasteiger partial charge in [-0.05, 0) is 24.3 Å².